The predicted octanol–water partition coefficient (Wildman–Crippen LogP) is 1.31. The Morgan fingerprint density at radius 1 is 1.38 bits per heavy atom. The van der Waals surface area contributed by atoms with E-state index in [-0.39, 0.29) is 17.3 Å². The first-order valence-corrected chi connectivity index (χ1v) is 6.05. The van der Waals surface area contributed by atoms with E-state index >= 15 is 0 Å². The second-order valence-corrected chi connectivity index (χ2v) is 4.31. The van der Waals surface area contributed by atoms with Gasteiger partial charge in [-0.2, -0.15) is 0 Å². The van der Waals surface area contributed by atoms with Crippen molar-refractivity contribution in [1.82, 2.24) is 10.1 Å². The highest BCUT2D eigenvalue weighted by molar-refractivity contribution is 5.98. The van der Waals surface area contributed by atoms with E-state index in [0.29, 0.717) is 11.3 Å². The van der Waals surface area contributed by atoms with Crippen molar-refractivity contribution in [2.45, 2.75) is 13.8 Å². The molecule has 0 atom stereocenters. The summed E-state index contributed by atoms with van der Waals surface area (Å²) in [7, 11) is 0. The van der Waals surface area contributed by atoms with Gasteiger partial charge in [0.1, 0.15) is 11.5 Å². The molecule has 8 heteroatoms. The molecule has 0 aliphatic heterocycles. The molecule has 2 heterocycles. The Balaban J connectivity index is 1.85. The van der Waals surface area contributed by atoms with Crippen LogP contribution in [0, 0.1) is 6.92 Å². The molecule has 0 spiro atoms. The SMILES string of the molecule is CC(=O)c1c[nH]c(C(=O)OCC(=O)Nc2cc(C)on2)c1. The zero-order valence-electron chi connectivity index (χ0n) is 11.4. The van der Waals surface area contributed by atoms with E-state index in [0.717, 1.165) is 0 Å². The van der Waals surface area contributed by atoms with Crippen LogP contribution >= 0.6 is 0 Å². The molecular weight excluding hydrogens is 278 g/mol. The number of carbonyl (C=O) groups is 3. The van der Waals surface area contributed by atoms with E-state index in [4.69, 9.17) is 9.26 Å². The Labute approximate surface area is 119 Å². The molecule has 0 fully saturated rings. The van der Waals surface area contributed by atoms with E-state index < -0.39 is 18.5 Å². The number of rotatable bonds is 5. The molecular formula is C13H13N3O5. The third-order valence-electron chi connectivity index (χ3n) is 2.54. The molecule has 2 aromatic rings. The highest BCUT2D eigenvalue weighted by Gasteiger charge is 2.14. The zero-order chi connectivity index (χ0) is 15.4. The first-order valence-electron chi connectivity index (χ1n) is 6.05. The number of ether oxygens (including phenoxy) is 1. The molecule has 110 valence electrons. The third-order valence-corrected chi connectivity index (χ3v) is 2.54. The Morgan fingerprint density at radius 2 is 2.14 bits per heavy atom. The maximum atomic E-state index is 11.7. The monoisotopic (exact) mass is 291 g/mol. The van der Waals surface area contributed by atoms with E-state index in [1.54, 1.807) is 6.92 Å². The van der Waals surface area contributed by atoms with E-state index in [1.165, 1.54) is 25.3 Å². The van der Waals surface area contributed by atoms with Crippen molar-refractivity contribution < 1.29 is 23.6 Å². The van der Waals surface area contributed by atoms with E-state index in [2.05, 4.69) is 15.5 Å². The Bertz CT molecular complexity index is 686. The number of anilines is 1. The Morgan fingerprint density at radius 3 is 2.71 bits per heavy atom. The fraction of sp³-hybridized carbons (Fsp3) is 0.231. The summed E-state index contributed by atoms with van der Waals surface area (Å²) in [6.07, 6.45) is 1.40. The number of aryl methyl sites for hydroxylation is 1. The summed E-state index contributed by atoms with van der Waals surface area (Å²) in [4.78, 5) is 36.9. The fourth-order valence-electron chi connectivity index (χ4n) is 1.53. The van der Waals surface area contributed by atoms with Crippen molar-refractivity contribution in [3.05, 3.63) is 35.3 Å². The molecule has 2 rings (SSSR count). The summed E-state index contributed by atoms with van der Waals surface area (Å²) in [5.41, 5.74) is 0.467. The van der Waals surface area contributed by atoms with Crippen LogP contribution in [0.25, 0.3) is 0 Å². The van der Waals surface area contributed by atoms with Gasteiger partial charge in [0.05, 0.1) is 0 Å². The molecule has 2 aromatic heterocycles. The number of amides is 1. The molecule has 0 aliphatic carbocycles. The van der Waals surface area contributed by atoms with Gasteiger partial charge < -0.3 is 19.6 Å². The summed E-state index contributed by atoms with van der Waals surface area (Å²) in [6.45, 7) is 2.59. The summed E-state index contributed by atoms with van der Waals surface area (Å²) in [5, 5.41) is 5.98. The number of hydrogen-bond donors (Lipinski definition) is 2. The Kier molecular flexibility index (Phi) is 4.17. The smallest absolute Gasteiger partial charge is 0.355 e. The highest BCUT2D eigenvalue weighted by atomic mass is 16.5. The van der Waals surface area contributed by atoms with Gasteiger partial charge in [0.2, 0.25) is 0 Å². The molecule has 1 amide bonds. The van der Waals surface area contributed by atoms with Crippen molar-refractivity contribution in [1.29, 1.82) is 0 Å². The van der Waals surface area contributed by atoms with Gasteiger partial charge in [-0.25, -0.2) is 4.79 Å². The first-order chi connectivity index (χ1) is 9.95. The standard InChI is InChI=1S/C13H13N3O5/c1-7-3-11(16-21-7)15-12(18)6-20-13(19)10-4-9(5-14-10)8(2)17/h3-5,14H,6H2,1-2H3,(H,15,16,18). The number of nitrogens with zero attached hydrogens (tertiary/aromatic N) is 1. The van der Waals surface area contributed by atoms with Gasteiger partial charge in [-0.3, -0.25) is 9.59 Å². The molecule has 0 saturated heterocycles. The number of H-pyrrole nitrogens is 1. The van der Waals surface area contributed by atoms with Crippen LogP contribution in [0.2, 0.25) is 0 Å². The maximum absolute atomic E-state index is 11.7. The number of hydrogen-bond acceptors (Lipinski definition) is 6. The number of Topliss-reactive ketones (excluding diaryl/α,β-unsaturated/α-hetero) is 1. The van der Waals surface area contributed by atoms with Crippen LogP contribution in [-0.2, 0) is 9.53 Å². The molecule has 0 bridgehead atoms. The van der Waals surface area contributed by atoms with Crippen LogP contribution in [-0.4, -0.2) is 34.4 Å². The summed E-state index contributed by atoms with van der Waals surface area (Å²) in [5.74, 6) is -0.661. The van der Waals surface area contributed by atoms with E-state index in [1.807, 2.05) is 0 Å². The largest absolute Gasteiger partial charge is 0.451 e. The molecule has 8 nitrogen and oxygen atoms in total. The number of nitrogens with one attached hydrogen (secondary N) is 2. The van der Waals surface area contributed by atoms with Crippen LogP contribution in [0.4, 0.5) is 5.82 Å². The van der Waals surface area contributed by atoms with Crippen molar-refractivity contribution in [3.8, 4) is 0 Å². The number of carbonyl (C=O) groups excluding carboxylic acids is 3. The van der Waals surface area contributed by atoms with Gasteiger partial charge in [0.25, 0.3) is 5.91 Å². The van der Waals surface area contributed by atoms with Crippen LogP contribution < -0.4 is 5.32 Å². The highest BCUT2D eigenvalue weighted by Crippen LogP contribution is 2.08. The van der Waals surface area contributed by atoms with Gasteiger partial charge in [-0.15, -0.1) is 0 Å². The van der Waals surface area contributed by atoms with Crippen LogP contribution in [0.15, 0.2) is 22.9 Å². The minimum Gasteiger partial charge on any atom is -0.451 e. The molecule has 21 heavy (non-hydrogen) atoms. The Hall–Kier alpha value is -2.90. The van der Waals surface area contributed by atoms with Crippen LogP contribution in [0.1, 0.15) is 33.5 Å². The van der Waals surface area contributed by atoms with Gasteiger partial charge in [-0.05, 0) is 19.9 Å². The average Bonchev–Trinajstić information content (AvgIpc) is 3.05. The average molecular weight is 291 g/mol. The van der Waals surface area contributed by atoms with Gasteiger partial charge in [-0.1, -0.05) is 5.16 Å². The summed E-state index contributed by atoms with van der Waals surface area (Å²) < 4.78 is 9.59. The zero-order valence-corrected chi connectivity index (χ0v) is 11.4. The quantitative estimate of drug-likeness (QED) is 0.634. The first kappa shape index (κ1) is 14.5. The lowest BCUT2D eigenvalue weighted by Crippen LogP contribution is -2.21. The summed E-state index contributed by atoms with van der Waals surface area (Å²) in [6, 6.07) is 2.90. The van der Waals surface area contributed by atoms with Crippen molar-refractivity contribution in [3.63, 3.8) is 0 Å². The van der Waals surface area contributed by atoms with Gasteiger partial charge >= 0.3 is 5.97 Å². The maximum Gasteiger partial charge on any atom is 0.355 e. The molecule has 2 N–H and O–H groups in total. The molecule has 0 radical (unpaired) electrons. The normalized spacial score (nSPS) is 10.2. The lowest BCUT2D eigenvalue weighted by Gasteiger charge is -2.02. The lowest BCUT2D eigenvalue weighted by molar-refractivity contribution is -0.119. The van der Waals surface area contributed by atoms with Crippen LogP contribution in [0.3, 0.4) is 0 Å². The van der Waals surface area contributed by atoms with Crippen LogP contribution in [0.5, 0.6) is 0 Å². The number of aromatic nitrogens is 2. The van der Waals surface area contributed by atoms with Gasteiger partial charge in [0.15, 0.2) is 18.2 Å². The minimum atomic E-state index is -0.728. The molecule has 0 saturated carbocycles. The minimum absolute atomic E-state index is 0.102. The predicted molar refractivity (Wildman–Crippen MR) is 70.9 cm³/mol. The summed E-state index contributed by atoms with van der Waals surface area (Å²) >= 11 is 0. The topological polar surface area (TPSA) is 114 Å². The van der Waals surface area contributed by atoms with Gasteiger partial charge in [0, 0.05) is 17.8 Å². The molecule has 0 unspecified atom stereocenters. The number of ketones is 1. The third kappa shape index (κ3) is 3.78. The second kappa shape index (κ2) is 6.04. The fourth-order valence-corrected chi connectivity index (χ4v) is 1.53. The number of aromatic amines is 1. The lowest BCUT2D eigenvalue weighted by atomic mass is 10.2. The molecule has 0 aliphatic rings. The van der Waals surface area contributed by atoms with E-state index in [9.17, 15) is 14.4 Å². The van der Waals surface area contributed by atoms with Crippen molar-refractivity contribution in [2.75, 3.05) is 11.9 Å². The van der Waals surface area contributed by atoms with Crippen molar-refractivity contribution >= 4 is 23.5 Å². The molecule has 0 aromatic carbocycles. The van der Waals surface area contributed by atoms with Crippen molar-refractivity contribution in [2.24, 2.45) is 0 Å². The second-order valence-electron chi connectivity index (χ2n) is 4.31. The number of esters is 1.